The molecule has 15 heteroatoms. The first-order valence-corrected chi connectivity index (χ1v) is 12.3. The van der Waals surface area contributed by atoms with Gasteiger partial charge in [-0.2, -0.15) is 5.10 Å². The van der Waals surface area contributed by atoms with Crippen LogP contribution in [-0.4, -0.2) is 46.5 Å². The lowest BCUT2D eigenvalue weighted by molar-refractivity contribution is -0.137. The first-order chi connectivity index (χ1) is 18.7. The number of hydrogen-bond acceptors (Lipinski definition) is 9. The lowest BCUT2D eigenvalue weighted by Crippen LogP contribution is -2.37. The summed E-state index contributed by atoms with van der Waals surface area (Å²) in [6, 6.07) is 10.9. The molecule has 3 aromatic rings. The third-order valence-electron chi connectivity index (χ3n) is 5.64. The van der Waals surface area contributed by atoms with Gasteiger partial charge >= 0.3 is 12.1 Å². The molecule has 13 nitrogen and oxygen atoms in total. The number of aromatic nitrogens is 2. The van der Waals surface area contributed by atoms with Crippen LogP contribution in [0.2, 0.25) is 10.2 Å². The highest BCUT2D eigenvalue weighted by Gasteiger charge is 2.24. The zero-order valence-electron chi connectivity index (χ0n) is 20.5. The van der Waals surface area contributed by atoms with Gasteiger partial charge in [0, 0.05) is 22.7 Å². The Hall–Kier alpha value is -4.33. The Morgan fingerprint density at radius 3 is 2.59 bits per heavy atom. The summed E-state index contributed by atoms with van der Waals surface area (Å²) in [5.41, 5.74) is 8.44. The second kappa shape index (κ2) is 12.5. The Morgan fingerprint density at radius 2 is 1.92 bits per heavy atom. The summed E-state index contributed by atoms with van der Waals surface area (Å²) in [7, 11) is 1.26. The molecule has 0 spiro atoms. The number of benzene rings is 2. The van der Waals surface area contributed by atoms with E-state index in [1.54, 1.807) is 47.5 Å². The van der Waals surface area contributed by atoms with Crippen molar-refractivity contribution in [2.75, 3.05) is 17.4 Å². The van der Waals surface area contributed by atoms with E-state index in [-0.39, 0.29) is 23.3 Å². The molecule has 39 heavy (non-hydrogen) atoms. The number of aryl methyl sites for hydroxylation is 1. The number of aliphatic carboxylic acids is 1. The summed E-state index contributed by atoms with van der Waals surface area (Å²) < 4.78 is 4.57. The van der Waals surface area contributed by atoms with Gasteiger partial charge in [-0.3, -0.25) is 14.9 Å². The molecule has 4 rings (SSSR count). The number of carbonyl (C=O) groups excluding carboxylic acids is 2. The van der Waals surface area contributed by atoms with E-state index in [2.05, 4.69) is 41.5 Å². The molecule has 0 bridgehead atoms. The van der Waals surface area contributed by atoms with E-state index in [1.807, 2.05) is 0 Å². The maximum Gasteiger partial charge on any atom is 0.411 e. The van der Waals surface area contributed by atoms with E-state index in [1.165, 1.54) is 13.4 Å². The van der Waals surface area contributed by atoms with Crippen LogP contribution in [0.15, 0.2) is 47.6 Å². The molecule has 0 saturated carbocycles. The van der Waals surface area contributed by atoms with Gasteiger partial charge in [0.2, 0.25) is 5.91 Å². The molecule has 0 unspecified atom stereocenters. The topological polar surface area (TPSA) is 173 Å². The normalized spacial score (nSPS) is 13.1. The number of carboxylic acid groups (broad SMARTS) is 1. The fraction of sp³-hybridized carbons (Fsp3) is 0.208. The molecule has 1 aromatic heterocycles. The van der Waals surface area contributed by atoms with Crippen LogP contribution in [0, 0.1) is 0 Å². The number of halogens is 2. The molecule has 2 amide bonds. The summed E-state index contributed by atoms with van der Waals surface area (Å²) in [5, 5.41) is 20.9. The van der Waals surface area contributed by atoms with Gasteiger partial charge in [0.1, 0.15) is 23.0 Å². The number of nitrogens with one attached hydrogen (secondary N) is 5. The third kappa shape index (κ3) is 7.16. The van der Waals surface area contributed by atoms with Crippen LogP contribution in [0.4, 0.5) is 16.2 Å². The fourth-order valence-electron chi connectivity index (χ4n) is 3.82. The maximum absolute atomic E-state index is 12.9. The van der Waals surface area contributed by atoms with Crippen LogP contribution in [0.25, 0.3) is 11.3 Å². The minimum atomic E-state index is -1.13. The molecule has 1 atom stereocenters. The highest BCUT2D eigenvalue weighted by atomic mass is 35.5. The number of amides is 2. The van der Waals surface area contributed by atoms with Crippen molar-refractivity contribution in [3.8, 4) is 11.3 Å². The molecule has 0 saturated heterocycles. The predicted molar refractivity (Wildman–Crippen MR) is 145 cm³/mol. The van der Waals surface area contributed by atoms with Gasteiger partial charge in [-0.05, 0) is 42.3 Å². The van der Waals surface area contributed by atoms with Gasteiger partial charge in [0.15, 0.2) is 0 Å². The van der Waals surface area contributed by atoms with Gasteiger partial charge in [-0.25, -0.2) is 20.3 Å². The molecule has 0 fully saturated rings. The molecule has 0 radical (unpaired) electrons. The number of ether oxygens (including phenoxy) is 1. The number of hydrazone groups is 1. The van der Waals surface area contributed by atoms with Crippen LogP contribution in [0.3, 0.4) is 0 Å². The molecule has 6 N–H and O–H groups in total. The summed E-state index contributed by atoms with van der Waals surface area (Å²) >= 11 is 12.5. The minimum absolute atomic E-state index is 0.0534. The van der Waals surface area contributed by atoms with Crippen LogP contribution in [0.5, 0.6) is 0 Å². The second-order valence-electron chi connectivity index (χ2n) is 8.31. The van der Waals surface area contributed by atoms with Crippen molar-refractivity contribution in [1.82, 2.24) is 26.4 Å². The van der Waals surface area contributed by atoms with Gasteiger partial charge in [-0.15, -0.1) is 5.53 Å². The van der Waals surface area contributed by atoms with E-state index in [9.17, 15) is 19.5 Å². The smallest absolute Gasteiger partial charge is 0.411 e. The van der Waals surface area contributed by atoms with Crippen molar-refractivity contribution in [2.45, 2.75) is 25.3 Å². The van der Waals surface area contributed by atoms with Crippen molar-refractivity contribution in [1.29, 1.82) is 0 Å². The van der Waals surface area contributed by atoms with Crippen molar-refractivity contribution in [3.05, 3.63) is 64.0 Å². The second-order valence-corrected chi connectivity index (χ2v) is 9.12. The number of H-pyrrole nitrogens is 1. The van der Waals surface area contributed by atoms with Crippen LogP contribution in [-0.2, 0) is 20.7 Å². The molecule has 2 heterocycles. The first-order valence-electron chi connectivity index (χ1n) is 11.6. The van der Waals surface area contributed by atoms with E-state index in [0.717, 1.165) is 11.3 Å². The molecular formula is C24H24Cl2N8O5. The number of carbonyl (C=O) groups is 3. The lowest BCUT2D eigenvalue weighted by Gasteiger charge is -2.19. The van der Waals surface area contributed by atoms with Gasteiger partial charge in [-0.1, -0.05) is 35.3 Å². The van der Waals surface area contributed by atoms with Crippen LogP contribution in [0.1, 0.15) is 30.3 Å². The minimum Gasteiger partial charge on any atom is -0.481 e. The molecular weight excluding hydrogens is 551 g/mol. The SMILES string of the molecule is COC(=O)Nc1ccc(-c2nc([C@H](CC(=O)O)NC(=O)CCc3cc(Cl)ccc3N3C=NNN3)[nH]c2Cl)cc1. The average molecular weight is 575 g/mol. The highest BCUT2D eigenvalue weighted by Crippen LogP contribution is 2.30. The average Bonchev–Trinajstić information content (AvgIpc) is 3.57. The highest BCUT2D eigenvalue weighted by molar-refractivity contribution is 6.32. The van der Waals surface area contributed by atoms with Gasteiger partial charge in [0.05, 0.1) is 25.3 Å². The summed E-state index contributed by atoms with van der Waals surface area (Å²) in [4.78, 5) is 43.2. The van der Waals surface area contributed by atoms with Crippen molar-refractivity contribution < 1.29 is 24.2 Å². The number of hydrogen-bond donors (Lipinski definition) is 6. The molecule has 0 aliphatic carbocycles. The molecule has 1 aliphatic rings. The molecule has 1 aliphatic heterocycles. The number of hydrazine groups is 2. The number of rotatable bonds is 10. The summed E-state index contributed by atoms with van der Waals surface area (Å²) in [6.07, 6.45) is 0.887. The van der Waals surface area contributed by atoms with E-state index in [4.69, 9.17) is 23.2 Å². The first kappa shape index (κ1) is 27.7. The number of carboxylic acids is 1. The standard InChI is InChI=1S/C24H24Cl2N8O5/c1-39-24(38)28-16-6-2-13(3-7-16)21-22(26)31-23(30-21)17(11-20(36)37)29-19(35)9-4-14-10-15(25)5-8-18(14)34-12-27-32-33-34/h2-3,5-8,10,12,17,32-33H,4,9,11H2,1H3,(H,28,38)(H,29,35)(H,30,31)(H,36,37)/t17-/m0/s1. The largest absolute Gasteiger partial charge is 0.481 e. The number of methoxy groups -OCH3 is 1. The van der Waals surface area contributed by atoms with Crippen molar-refractivity contribution in [2.24, 2.45) is 5.10 Å². The van der Waals surface area contributed by atoms with E-state index >= 15 is 0 Å². The van der Waals surface area contributed by atoms with Crippen LogP contribution >= 0.6 is 23.2 Å². The van der Waals surface area contributed by atoms with E-state index < -0.39 is 24.5 Å². The third-order valence-corrected chi connectivity index (χ3v) is 6.15. The Balaban J connectivity index is 1.47. The summed E-state index contributed by atoms with van der Waals surface area (Å²) in [6.45, 7) is 0. The van der Waals surface area contributed by atoms with Gasteiger partial charge < -0.3 is 20.1 Å². The number of nitrogens with zero attached hydrogens (tertiary/aromatic N) is 3. The molecule has 2 aromatic carbocycles. The van der Waals surface area contributed by atoms with Crippen molar-refractivity contribution in [3.63, 3.8) is 0 Å². The Bertz CT molecular complexity index is 1400. The predicted octanol–water partition coefficient (Wildman–Crippen LogP) is 3.60. The zero-order valence-corrected chi connectivity index (χ0v) is 22.0. The zero-order chi connectivity index (χ0) is 27.9. The Kier molecular flexibility index (Phi) is 8.86. The van der Waals surface area contributed by atoms with E-state index in [0.29, 0.717) is 28.4 Å². The Labute approximate surface area is 232 Å². The van der Waals surface area contributed by atoms with Gasteiger partial charge in [0.25, 0.3) is 0 Å². The quantitative estimate of drug-likeness (QED) is 0.211. The lowest BCUT2D eigenvalue weighted by atomic mass is 10.1. The van der Waals surface area contributed by atoms with Crippen LogP contribution < -0.4 is 26.7 Å². The molecule has 204 valence electrons. The maximum atomic E-state index is 12.9. The number of aromatic amines is 1. The number of imidazole rings is 1. The van der Waals surface area contributed by atoms with Crippen molar-refractivity contribution >= 4 is 58.9 Å². The number of anilines is 2. The summed E-state index contributed by atoms with van der Waals surface area (Å²) in [5.74, 6) is -1.33. The fourth-order valence-corrected chi connectivity index (χ4v) is 4.26. The Morgan fingerprint density at radius 1 is 1.15 bits per heavy atom. The monoisotopic (exact) mass is 574 g/mol.